The molecule has 2 aromatic rings. The van der Waals surface area contributed by atoms with Crippen molar-refractivity contribution in [3.05, 3.63) is 65.5 Å². The molecule has 0 saturated heterocycles. The quantitative estimate of drug-likeness (QED) is 0.862. The number of hydrogen-bond acceptors (Lipinski definition) is 2. The molecule has 114 valence electrons. The highest BCUT2D eigenvalue weighted by molar-refractivity contribution is 5.92. The van der Waals surface area contributed by atoms with Crippen molar-refractivity contribution < 1.29 is 19.1 Å². The molecule has 2 rings (SSSR count). The lowest BCUT2D eigenvalue weighted by Crippen LogP contribution is -2.14. The molecule has 0 saturated carbocycles. The summed E-state index contributed by atoms with van der Waals surface area (Å²) in [7, 11) is 0. The number of carboxylic acids is 1. The standard InChI is InChI=1S/C17H16FNO3/c18-14-3-1-2-13(10-14)11-16(20)19-15-7-4-12(5-8-15)6-9-17(21)22/h1-5,7-8,10H,6,9,11H2,(H,19,20)(H,21,22). The Balaban J connectivity index is 1.90. The summed E-state index contributed by atoms with van der Waals surface area (Å²) in [5, 5.41) is 11.3. The molecule has 5 heteroatoms. The van der Waals surface area contributed by atoms with Crippen LogP contribution in [0.15, 0.2) is 48.5 Å². The van der Waals surface area contributed by atoms with Gasteiger partial charge in [0.2, 0.25) is 5.91 Å². The fourth-order valence-corrected chi connectivity index (χ4v) is 2.04. The number of halogens is 1. The highest BCUT2D eigenvalue weighted by atomic mass is 19.1. The largest absolute Gasteiger partial charge is 0.481 e. The van der Waals surface area contributed by atoms with Crippen LogP contribution in [-0.4, -0.2) is 17.0 Å². The number of anilines is 1. The summed E-state index contributed by atoms with van der Waals surface area (Å²) in [6.45, 7) is 0. The van der Waals surface area contributed by atoms with Crippen LogP contribution in [0.1, 0.15) is 17.5 Å². The van der Waals surface area contributed by atoms with Gasteiger partial charge in [-0.15, -0.1) is 0 Å². The van der Waals surface area contributed by atoms with Crippen molar-refractivity contribution >= 4 is 17.6 Å². The topological polar surface area (TPSA) is 66.4 Å². The number of aliphatic carboxylic acids is 1. The molecule has 0 aliphatic heterocycles. The van der Waals surface area contributed by atoms with Gasteiger partial charge in [-0.05, 0) is 41.8 Å². The summed E-state index contributed by atoms with van der Waals surface area (Å²) in [5.74, 6) is -1.44. The summed E-state index contributed by atoms with van der Waals surface area (Å²) >= 11 is 0. The molecule has 2 N–H and O–H groups in total. The SMILES string of the molecule is O=C(O)CCc1ccc(NC(=O)Cc2cccc(F)c2)cc1. The van der Waals surface area contributed by atoms with E-state index >= 15 is 0 Å². The molecule has 2 aromatic carbocycles. The number of rotatable bonds is 6. The second kappa shape index (κ2) is 7.36. The molecular weight excluding hydrogens is 285 g/mol. The van der Waals surface area contributed by atoms with E-state index in [4.69, 9.17) is 5.11 Å². The van der Waals surface area contributed by atoms with Gasteiger partial charge in [0.15, 0.2) is 0 Å². The van der Waals surface area contributed by atoms with Crippen molar-refractivity contribution in [1.82, 2.24) is 0 Å². The van der Waals surface area contributed by atoms with E-state index in [-0.39, 0.29) is 24.6 Å². The van der Waals surface area contributed by atoms with Gasteiger partial charge < -0.3 is 10.4 Å². The molecule has 0 radical (unpaired) electrons. The molecule has 0 heterocycles. The molecule has 0 atom stereocenters. The highest BCUT2D eigenvalue weighted by Crippen LogP contribution is 2.12. The molecule has 0 spiro atoms. The molecule has 0 unspecified atom stereocenters. The van der Waals surface area contributed by atoms with E-state index in [2.05, 4.69) is 5.32 Å². The van der Waals surface area contributed by atoms with Crippen LogP contribution in [0.3, 0.4) is 0 Å². The van der Waals surface area contributed by atoms with Crippen LogP contribution in [0.2, 0.25) is 0 Å². The number of carbonyl (C=O) groups is 2. The lowest BCUT2D eigenvalue weighted by atomic mass is 10.1. The predicted molar refractivity (Wildman–Crippen MR) is 81.1 cm³/mol. The van der Waals surface area contributed by atoms with E-state index in [1.165, 1.54) is 12.1 Å². The molecule has 0 fully saturated rings. The van der Waals surface area contributed by atoms with Crippen LogP contribution >= 0.6 is 0 Å². The Labute approximate surface area is 127 Å². The minimum absolute atomic E-state index is 0.0747. The van der Waals surface area contributed by atoms with Crippen LogP contribution in [0.4, 0.5) is 10.1 Å². The van der Waals surface area contributed by atoms with Gasteiger partial charge in [0.1, 0.15) is 5.82 Å². The Kier molecular flexibility index (Phi) is 5.25. The minimum Gasteiger partial charge on any atom is -0.481 e. The summed E-state index contributed by atoms with van der Waals surface area (Å²) in [4.78, 5) is 22.4. The van der Waals surface area contributed by atoms with Gasteiger partial charge >= 0.3 is 5.97 Å². The first-order valence-electron chi connectivity index (χ1n) is 6.88. The van der Waals surface area contributed by atoms with E-state index in [9.17, 15) is 14.0 Å². The lowest BCUT2D eigenvalue weighted by molar-refractivity contribution is -0.137. The van der Waals surface area contributed by atoms with Crippen LogP contribution in [0, 0.1) is 5.82 Å². The highest BCUT2D eigenvalue weighted by Gasteiger charge is 2.05. The number of nitrogens with one attached hydrogen (secondary N) is 1. The molecule has 4 nitrogen and oxygen atoms in total. The minimum atomic E-state index is -0.840. The molecule has 22 heavy (non-hydrogen) atoms. The fraction of sp³-hybridized carbons (Fsp3) is 0.176. The second-order valence-electron chi connectivity index (χ2n) is 4.95. The van der Waals surface area contributed by atoms with Crippen molar-refractivity contribution in [2.45, 2.75) is 19.3 Å². The Morgan fingerprint density at radius 1 is 1.05 bits per heavy atom. The fourth-order valence-electron chi connectivity index (χ4n) is 2.04. The van der Waals surface area contributed by atoms with Gasteiger partial charge in [-0.2, -0.15) is 0 Å². The van der Waals surface area contributed by atoms with E-state index in [0.717, 1.165) is 5.56 Å². The van der Waals surface area contributed by atoms with Gasteiger partial charge in [-0.1, -0.05) is 24.3 Å². The lowest BCUT2D eigenvalue weighted by Gasteiger charge is -2.06. The number of carbonyl (C=O) groups excluding carboxylic acids is 1. The van der Waals surface area contributed by atoms with Gasteiger partial charge in [-0.25, -0.2) is 4.39 Å². The van der Waals surface area contributed by atoms with Crippen molar-refractivity contribution in [3.63, 3.8) is 0 Å². The average molecular weight is 301 g/mol. The number of aryl methyl sites for hydroxylation is 1. The number of hydrogen-bond donors (Lipinski definition) is 2. The zero-order valence-corrected chi connectivity index (χ0v) is 11.9. The maximum absolute atomic E-state index is 13.0. The van der Waals surface area contributed by atoms with Crippen molar-refractivity contribution in [1.29, 1.82) is 0 Å². The Morgan fingerprint density at radius 2 is 1.77 bits per heavy atom. The third-order valence-electron chi connectivity index (χ3n) is 3.12. The Hall–Kier alpha value is -2.69. The molecule has 0 aliphatic carbocycles. The monoisotopic (exact) mass is 301 g/mol. The average Bonchev–Trinajstić information content (AvgIpc) is 2.46. The molecule has 0 aliphatic rings. The first kappa shape index (κ1) is 15.7. The summed E-state index contributed by atoms with van der Waals surface area (Å²) in [5.41, 5.74) is 2.13. The molecule has 1 amide bonds. The normalized spacial score (nSPS) is 10.2. The summed E-state index contributed by atoms with van der Waals surface area (Å²) in [6, 6.07) is 12.9. The zero-order chi connectivity index (χ0) is 15.9. The molecule has 0 bridgehead atoms. The molecular formula is C17H16FNO3. The van der Waals surface area contributed by atoms with Crippen molar-refractivity contribution in [3.8, 4) is 0 Å². The van der Waals surface area contributed by atoms with E-state index in [0.29, 0.717) is 17.7 Å². The second-order valence-corrected chi connectivity index (χ2v) is 4.95. The smallest absolute Gasteiger partial charge is 0.303 e. The van der Waals surface area contributed by atoms with E-state index in [1.54, 1.807) is 36.4 Å². The van der Waals surface area contributed by atoms with Crippen molar-refractivity contribution in [2.24, 2.45) is 0 Å². The van der Waals surface area contributed by atoms with Crippen LogP contribution in [0.25, 0.3) is 0 Å². The van der Waals surface area contributed by atoms with Crippen LogP contribution in [-0.2, 0) is 22.4 Å². The van der Waals surface area contributed by atoms with Gasteiger partial charge in [-0.3, -0.25) is 9.59 Å². The third kappa shape index (κ3) is 5.01. The van der Waals surface area contributed by atoms with Crippen molar-refractivity contribution in [2.75, 3.05) is 5.32 Å². The zero-order valence-electron chi connectivity index (χ0n) is 11.9. The Bertz CT molecular complexity index is 668. The maximum Gasteiger partial charge on any atom is 0.303 e. The van der Waals surface area contributed by atoms with E-state index in [1.807, 2.05) is 0 Å². The number of benzene rings is 2. The first-order valence-corrected chi connectivity index (χ1v) is 6.88. The Morgan fingerprint density at radius 3 is 2.41 bits per heavy atom. The molecule has 0 aromatic heterocycles. The van der Waals surface area contributed by atoms with Gasteiger partial charge in [0, 0.05) is 12.1 Å². The summed E-state index contributed by atoms with van der Waals surface area (Å²) < 4.78 is 13.0. The maximum atomic E-state index is 13.0. The first-order chi connectivity index (χ1) is 10.5. The third-order valence-corrected chi connectivity index (χ3v) is 3.12. The van der Waals surface area contributed by atoms with Crippen LogP contribution in [0.5, 0.6) is 0 Å². The summed E-state index contributed by atoms with van der Waals surface area (Å²) in [6.07, 6.45) is 0.622. The predicted octanol–water partition coefficient (Wildman–Crippen LogP) is 3.02. The number of carboxylic acid groups (broad SMARTS) is 1. The number of amides is 1. The van der Waals surface area contributed by atoms with Crippen LogP contribution < -0.4 is 5.32 Å². The van der Waals surface area contributed by atoms with Gasteiger partial charge in [0.25, 0.3) is 0 Å². The van der Waals surface area contributed by atoms with Gasteiger partial charge in [0.05, 0.1) is 6.42 Å². The van der Waals surface area contributed by atoms with E-state index < -0.39 is 5.97 Å².